The van der Waals surface area contributed by atoms with Crippen LogP contribution in [0.5, 0.6) is 0 Å². The van der Waals surface area contributed by atoms with Crippen LogP contribution >= 0.6 is 0 Å². The summed E-state index contributed by atoms with van der Waals surface area (Å²) < 4.78 is 0. The lowest BCUT2D eigenvalue weighted by Crippen LogP contribution is -1.88. The van der Waals surface area contributed by atoms with E-state index in [2.05, 4.69) is 151 Å². The molecule has 0 spiro atoms. The van der Waals surface area contributed by atoms with Crippen LogP contribution in [0, 0.1) is 48.5 Å². The zero-order chi connectivity index (χ0) is 62.3. The molecule has 11 aromatic heterocycles. The molecular formula is C78H71N11. The van der Waals surface area contributed by atoms with Crippen LogP contribution < -0.4 is 0 Å². The first-order valence-electron chi connectivity index (χ1n) is 29.2. The molecule has 0 saturated heterocycles. The lowest BCUT2D eigenvalue weighted by molar-refractivity contribution is 1.21. The minimum atomic E-state index is 0.931. The van der Waals surface area contributed by atoms with E-state index in [4.69, 9.17) is 0 Å². The summed E-state index contributed by atoms with van der Waals surface area (Å²) in [7, 11) is 0. The van der Waals surface area contributed by atoms with Crippen molar-refractivity contribution >= 4 is 10.9 Å². The highest BCUT2D eigenvalue weighted by molar-refractivity contribution is 5.81. The van der Waals surface area contributed by atoms with Gasteiger partial charge in [0.1, 0.15) is 0 Å². The van der Waals surface area contributed by atoms with Gasteiger partial charge in [-0.1, -0.05) is 115 Å². The van der Waals surface area contributed by atoms with Crippen molar-refractivity contribution in [2.75, 3.05) is 0 Å². The lowest BCUT2D eigenvalue weighted by Gasteiger charge is -2.03. The van der Waals surface area contributed by atoms with Crippen molar-refractivity contribution in [1.82, 2.24) is 54.8 Å². The molecule has 0 amide bonds. The highest BCUT2D eigenvalue weighted by Crippen LogP contribution is 2.24. The SMILES string of the molecule is Cc1cccc2ncccc12.Cc1cccnc1-c1ccccc1.Cc1cccnc1-c1ccccn1.Cc1cccnc1-c1cccnc1.Cc1cccnc1-c1ccncc1.Cc1ccncc1-c1ccccc1.Cc1ccncc1-c1ccccn1. The van der Waals surface area contributed by atoms with Crippen molar-refractivity contribution in [1.29, 1.82) is 0 Å². The molecule has 0 fully saturated rings. The van der Waals surface area contributed by atoms with Gasteiger partial charge in [0, 0.05) is 126 Å². The van der Waals surface area contributed by atoms with Crippen molar-refractivity contribution in [3.8, 4) is 67.5 Å². The summed E-state index contributed by atoms with van der Waals surface area (Å²) in [6.07, 6.45) is 27.1. The molecule has 14 aromatic rings. The van der Waals surface area contributed by atoms with Gasteiger partial charge < -0.3 is 0 Å². The van der Waals surface area contributed by atoms with Crippen LogP contribution in [0.3, 0.4) is 0 Å². The molecule has 0 aliphatic rings. The summed E-state index contributed by atoms with van der Waals surface area (Å²) >= 11 is 0. The molecule has 11 heteroatoms. The molecule has 0 aliphatic carbocycles. The number of aromatic nitrogens is 11. The molecule has 0 atom stereocenters. The average Bonchev–Trinajstić information content (AvgIpc) is 3.76. The molecule has 0 unspecified atom stereocenters. The molecule has 0 bridgehead atoms. The molecule has 0 saturated carbocycles. The van der Waals surface area contributed by atoms with Crippen molar-refractivity contribution < 1.29 is 0 Å². The number of hydrogen-bond acceptors (Lipinski definition) is 11. The maximum absolute atomic E-state index is 4.35. The maximum Gasteiger partial charge on any atom is 0.0915 e. The van der Waals surface area contributed by atoms with Gasteiger partial charge in [-0.25, -0.2) is 0 Å². The summed E-state index contributed by atoms with van der Waals surface area (Å²) in [5.74, 6) is 0. The zero-order valence-electron chi connectivity index (χ0n) is 51.3. The van der Waals surface area contributed by atoms with E-state index in [9.17, 15) is 0 Å². The fourth-order valence-electron chi connectivity index (χ4n) is 9.12. The quantitative estimate of drug-likeness (QED) is 0.157. The van der Waals surface area contributed by atoms with E-state index < -0.39 is 0 Å². The van der Waals surface area contributed by atoms with Gasteiger partial charge in [-0.3, -0.25) is 54.8 Å². The van der Waals surface area contributed by atoms with Crippen molar-refractivity contribution in [3.05, 3.63) is 344 Å². The van der Waals surface area contributed by atoms with Gasteiger partial charge >= 0.3 is 0 Å². The Bertz CT molecular complexity index is 3700. The highest BCUT2D eigenvalue weighted by atomic mass is 14.8. The molecule has 3 aromatic carbocycles. The second-order valence-corrected chi connectivity index (χ2v) is 20.3. The van der Waals surface area contributed by atoms with Gasteiger partial charge in [0.15, 0.2) is 0 Å². The third kappa shape index (κ3) is 19.6. The van der Waals surface area contributed by atoms with Gasteiger partial charge in [0.2, 0.25) is 0 Å². The first-order valence-corrected chi connectivity index (χ1v) is 29.2. The summed E-state index contributed by atoms with van der Waals surface area (Å²) in [6.45, 7) is 14.5. The fraction of sp³-hybridized carbons (Fsp3) is 0.0897. The van der Waals surface area contributed by atoms with E-state index in [1.807, 2.05) is 208 Å². The summed E-state index contributed by atoms with van der Waals surface area (Å²) in [4.78, 5) is 46.3. The second kappa shape index (κ2) is 34.5. The van der Waals surface area contributed by atoms with Crippen LogP contribution in [-0.4, -0.2) is 54.8 Å². The minimum Gasteiger partial charge on any atom is -0.265 e. The standard InChI is InChI=1S/2C12H11N.4C11H10N2.C10H9N/c1-10-6-5-9-13-12(10)11-7-3-2-4-8-11;1-10-7-8-13-9-12(10)11-5-3-2-4-6-11;1-9-4-2-7-13-11(9)10-5-3-6-12-8-10;1-9-3-2-6-13-11(9)10-4-7-12-8-5-10;1-9-5-4-8-13-11(9)10-6-2-3-7-12-10;1-9-5-7-12-8-10(9)11-4-2-3-6-13-11;1-8-4-2-6-10-9(8)5-3-7-11-10/h2*2-9H,1H3;4*2-8H,1H3;2-7H,1H3. The summed E-state index contributed by atoms with van der Waals surface area (Å²) in [5.41, 5.74) is 22.5. The Hall–Kier alpha value is -11.4. The van der Waals surface area contributed by atoms with E-state index in [0.717, 1.165) is 61.9 Å². The topological polar surface area (TPSA) is 142 Å². The second-order valence-electron chi connectivity index (χ2n) is 20.3. The monoisotopic (exact) mass is 1160 g/mol. The number of benzene rings is 3. The van der Waals surface area contributed by atoms with Crippen LogP contribution in [-0.2, 0) is 0 Å². The van der Waals surface area contributed by atoms with E-state index in [0.29, 0.717) is 0 Å². The third-order valence-electron chi connectivity index (χ3n) is 13.8. The average molecular weight is 1160 g/mol. The van der Waals surface area contributed by atoms with Crippen molar-refractivity contribution in [3.63, 3.8) is 0 Å². The number of pyridine rings is 11. The smallest absolute Gasteiger partial charge is 0.0915 e. The summed E-state index contributed by atoms with van der Waals surface area (Å²) in [6, 6.07) is 70.4. The Morgan fingerprint density at radius 3 is 1.10 bits per heavy atom. The Morgan fingerprint density at radius 1 is 0.202 bits per heavy atom. The Labute approximate surface area is 523 Å². The Morgan fingerprint density at radius 2 is 0.607 bits per heavy atom. The van der Waals surface area contributed by atoms with Gasteiger partial charge in [0.25, 0.3) is 0 Å². The van der Waals surface area contributed by atoms with Gasteiger partial charge in [0.05, 0.1) is 39.7 Å². The molecule has 11 heterocycles. The molecular weight excluding hydrogens is 1090 g/mol. The van der Waals surface area contributed by atoms with Gasteiger partial charge in [-0.15, -0.1) is 0 Å². The maximum atomic E-state index is 4.35. The predicted molar refractivity (Wildman–Crippen MR) is 364 cm³/mol. The number of nitrogens with zero attached hydrogens (tertiary/aromatic N) is 11. The first-order chi connectivity index (χ1) is 43.6. The summed E-state index contributed by atoms with van der Waals surface area (Å²) in [5, 5.41) is 1.25. The molecule has 11 nitrogen and oxygen atoms in total. The largest absolute Gasteiger partial charge is 0.265 e. The molecule has 0 N–H and O–H groups in total. The van der Waals surface area contributed by atoms with E-state index in [-0.39, 0.29) is 0 Å². The highest BCUT2D eigenvalue weighted by Gasteiger charge is 2.05. The molecule has 14 rings (SSSR count). The predicted octanol–water partition coefficient (Wildman–Crippen LogP) is 18.5. The number of rotatable bonds is 6. The van der Waals surface area contributed by atoms with E-state index in [1.54, 1.807) is 49.6 Å². The molecule has 89 heavy (non-hydrogen) atoms. The zero-order valence-corrected chi connectivity index (χ0v) is 51.3. The van der Waals surface area contributed by atoms with Crippen molar-refractivity contribution in [2.45, 2.75) is 48.5 Å². The van der Waals surface area contributed by atoms with E-state index >= 15 is 0 Å². The van der Waals surface area contributed by atoms with Crippen LogP contribution in [0.2, 0.25) is 0 Å². The van der Waals surface area contributed by atoms with Gasteiger partial charge in [-0.05, 0) is 190 Å². The minimum absolute atomic E-state index is 0.931. The number of aryl methyl sites for hydroxylation is 7. The molecule has 438 valence electrons. The number of fused-ring (bicyclic) bond motifs is 1. The normalized spacial score (nSPS) is 9.97. The fourth-order valence-corrected chi connectivity index (χ4v) is 9.12. The van der Waals surface area contributed by atoms with Crippen LogP contribution in [0.15, 0.2) is 305 Å². The molecule has 0 aliphatic heterocycles. The van der Waals surface area contributed by atoms with Crippen LogP contribution in [0.4, 0.5) is 0 Å². The lowest BCUT2D eigenvalue weighted by atomic mass is 10.0. The first kappa shape index (κ1) is 63.6. The van der Waals surface area contributed by atoms with Crippen molar-refractivity contribution in [2.24, 2.45) is 0 Å². The van der Waals surface area contributed by atoms with Crippen LogP contribution in [0.25, 0.3) is 78.4 Å². The van der Waals surface area contributed by atoms with E-state index in [1.165, 1.54) is 55.5 Å². The van der Waals surface area contributed by atoms with Crippen LogP contribution in [0.1, 0.15) is 38.9 Å². The number of hydrogen-bond donors (Lipinski definition) is 0. The Kier molecular flexibility index (Phi) is 24.7. The molecule has 0 radical (unpaired) electrons. The Balaban J connectivity index is 0.000000134. The third-order valence-corrected chi connectivity index (χ3v) is 13.8. The van der Waals surface area contributed by atoms with Gasteiger partial charge in [-0.2, -0.15) is 0 Å².